The van der Waals surface area contributed by atoms with Gasteiger partial charge in [0.1, 0.15) is 5.54 Å². The second kappa shape index (κ2) is 7.65. The van der Waals surface area contributed by atoms with Gasteiger partial charge in [0.2, 0.25) is 0 Å². The molecule has 1 heterocycles. The lowest BCUT2D eigenvalue weighted by atomic mass is 10.0. The molecule has 1 N–H and O–H groups in total. The average molecular weight is 240 g/mol. The van der Waals surface area contributed by atoms with Gasteiger partial charge in [-0.1, -0.05) is 6.92 Å². The quantitative estimate of drug-likeness (QED) is 0.658. The number of ether oxygens (including phenoxy) is 2. The summed E-state index contributed by atoms with van der Waals surface area (Å²) < 4.78 is 11.0. The van der Waals surface area contributed by atoms with E-state index in [2.05, 4.69) is 18.3 Å². The Morgan fingerprint density at radius 1 is 1.59 bits per heavy atom. The smallest absolute Gasteiger partial charge is 0.106 e. The maximum Gasteiger partial charge on any atom is 0.106 e. The van der Waals surface area contributed by atoms with Crippen molar-refractivity contribution >= 4 is 0 Å². The van der Waals surface area contributed by atoms with Gasteiger partial charge >= 0.3 is 0 Å². The van der Waals surface area contributed by atoms with Crippen molar-refractivity contribution in [2.45, 2.75) is 51.2 Å². The van der Waals surface area contributed by atoms with E-state index in [0.29, 0.717) is 13.2 Å². The molecular formula is C13H24N2O2. The molecule has 1 saturated heterocycles. The van der Waals surface area contributed by atoms with Gasteiger partial charge in [-0.15, -0.1) is 0 Å². The molecule has 4 heteroatoms. The molecule has 0 amide bonds. The van der Waals surface area contributed by atoms with Crippen LogP contribution in [0.3, 0.4) is 0 Å². The first-order valence-electron chi connectivity index (χ1n) is 6.56. The average Bonchev–Trinajstić information content (AvgIpc) is 2.85. The maximum absolute atomic E-state index is 9.13. The fraction of sp³-hybridized carbons (Fsp3) is 0.923. The molecule has 4 nitrogen and oxygen atoms in total. The van der Waals surface area contributed by atoms with E-state index in [4.69, 9.17) is 14.7 Å². The topological polar surface area (TPSA) is 54.3 Å². The molecule has 0 aromatic heterocycles. The lowest BCUT2D eigenvalue weighted by molar-refractivity contribution is 0.0130. The predicted molar refractivity (Wildman–Crippen MR) is 66.7 cm³/mol. The van der Waals surface area contributed by atoms with E-state index in [1.807, 2.05) is 6.92 Å². The van der Waals surface area contributed by atoms with E-state index >= 15 is 0 Å². The van der Waals surface area contributed by atoms with Gasteiger partial charge in [-0.2, -0.15) is 5.26 Å². The van der Waals surface area contributed by atoms with Crippen molar-refractivity contribution in [1.29, 1.82) is 5.26 Å². The van der Waals surface area contributed by atoms with Crippen LogP contribution in [0.1, 0.15) is 39.5 Å². The summed E-state index contributed by atoms with van der Waals surface area (Å²) >= 11 is 0. The second-order valence-corrected chi connectivity index (χ2v) is 4.83. The summed E-state index contributed by atoms with van der Waals surface area (Å²) in [6.45, 7) is 7.03. The normalized spacial score (nSPS) is 23.2. The van der Waals surface area contributed by atoms with Crippen LogP contribution in [0.25, 0.3) is 0 Å². The zero-order valence-corrected chi connectivity index (χ0v) is 11.0. The molecule has 0 saturated carbocycles. The van der Waals surface area contributed by atoms with Gasteiger partial charge < -0.3 is 9.47 Å². The molecule has 0 spiro atoms. The van der Waals surface area contributed by atoms with Crippen LogP contribution < -0.4 is 5.32 Å². The molecule has 2 atom stereocenters. The zero-order valence-electron chi connectivity index (χ0n) is 11.0. The van der Waals surface area contributed by atoms with Crippen molar-refractivity contribution in [3.63, 3.8) is 0 Å². The summed E-state index contributed by atoms with van der Waals surface area (Å²) in [5, 5.41) is 12.4. The van der Waals surface area contributed by atoms with Crippen molar-refractivity contribution in [3.05, 3.63) is 0 Å². The van der Waals surface area contributed by atoms with Gasteiger partial charge in [0, 0.05) is 19.6 Å². The summed E-state index contributed by atoms with van der Waals surface area (Å²) in [6, 6.07) is 2.32. The second-order valence-electron chi connectivity index (χ2n) is 4.83. The summed E-state index contributed by atoms with van der Waals surface area (Å²) in [5.74, 6) is 0. The van der Waals surface area contributed by atoms with E-state index in [1.54, 1.807) is 0 Å². The number of nitrogens with one attached hydrogen (secondary N) is 1. The van der Waals surface area contributed by atoms with E-state index in [0.717, 1.165) is 38.8 Å². The Hall–Kier alpha value is -0.630. The van der Waals surface area contributed by atoms with Gasteiger partial charge in [-0.05, 0) is 32.7 Å². The SMILES string of the molecule is CCCNC(C)(C#N)CCOCC1CCCO1. The fourth-order valence-corrected chi connectivity index (χ4v) is 1.85. The van der Waals surface area contributed by atoms with Crippen LogP contribution in [0.4, 0.5) is 0 Å². The third kappa shape index (κ3) is 5.49. The van der Waals surface area contributed by atoms with Crippen LogP contribution in [-0.4, -0.2) is 38.0 Å². The van der Waals surface area contributed by atoms with Gasteiger partial charge in [0.05, 0.1) is 18.8 Å². The molecule has 1 aliphatic heterocycles. The highest BCUT2D eigenvalue weighted by molar-refractivity contribution is 5.03. The van der Waals surface area contributed by atoms with Crippen LogP contribution >= 0.6 is 0 Å². The van der Waals surface area contributed by atoms with Crippen molar-refractivity contribution in [2.24, 2.45) is 0 Å². The van der Waals surface area contributed by atoms with E-state index in [1.165, 1.54) is 0 Å². The number of rotatable bonds is 8. The van der Waals surface area contributed by atoms with Gasteiger partial charge in [0.15, 0.2) is 0 Å². The molecule has 2 unspecified atom stereocenters. The molecule has 0 radical (unpaired) electrons. The highest BCUT2D eigenvalue weighted by atomic mass is 16.5. The largest absolute Gasteiger partial charge is 0.379 e. The van der Waals surface area contributed by atoms with Crippen LogP contribution in [0.2, 0.25) is 0 Å². The molecule has 1 aliphatic rings. The number of nitrogens with zero attached hydrogens (tertiary/aromatic N) is 1. The van der Waals surface area contributed by atoms with Crippen molar-refractivity contribution < 1.29 is 9.47 Å². The molecule has 0 aromatic rings. The monoisotopic (exact) mass is 240 g/mol. The lowest BCUT2D eigenvalue weighted by Crippen LogP contribution is -2.42. The lowest BCUT2D eigenvalue weighted by Gasteiger charge is -2.23. The minimum Gasteiger partial charge on any atom is -0.379 e. The Labute approximate surface area is 104 Å². The minimum absolute atomic E-state index is 0.270. The Bertz CT molecular complexity index is 246. The highest BCUT2D eigenvalue weighted by Gasteiger charge is 2.22. The van der Waals surface area contributed by atoms with E-state index < -0.39 is 5.54 Å². The van der Waals surface area contributed by atoms with Crippen LogP contribution in [-0.2, 0) is 9.47 Å². The first-order chi connectivity index (χ1) is 8.20. The molecule has 0 aromatic carbocycles. The molecule has 1 fully saturated rings. The van der Waals surface area contributed by atoms with Crippen LogP contribution in [0.5, 0.6) is 0 Å². The Kier molecular flexibility index (Phi) is 6.49. The zero-order chi connectivity index (χ0) is 12.6. The molecule has 0 aliphatic carbocycles. The van der Waals surface area contributed by atoms with Gasteiger partial charge in [-0.25, -0.2) is 0 Å². The van der Waals surface area contributed by atoms with Crippen LogP contribution in [0.15, 0.2) is 0 Å². The van der Waals surface area contributed by atoms with E-state index in [-0.39, 0.29) is 6.10 Å². The number of nitriles is 1. The summed E-state index contributed by atoms with van der Waals surface area (Å²) in [7, 11) is 0. The van der Waals surface area contributed by atoms with Crippen molar-refractivity contribution in [3.8, 4) is 6.07 Å². The molecule has 0 bridgehead atoms. The van der Waals surface area contributed by atoms with Crippen molar-refractivity contribution in [2.75, 3.05) is 26.4 Å². The molecule has 1 rings (SSSR count). The predicted octanol–water partition coefficient (Wildman–Crippen LogP) is 1.85. The Morgan fingerprint density at radius 3 is 3.00 bits per heavy atom. The Balaban J connectivity index is 2.12. The standard InChI is InChI=1S/C13H24N2O2/c1-3-7-15-13(2,11-14)6-9-16-10-12-5-4-8-17-12/h12,15H,3-10H2,1-2H3. The maximum atomic E-state index is 9.13. The van der Waals surface area contributed by atoms with E-state index in [9.17, 15) is 0 Å². The molecular weight excluding hydrogens is 216 g/mol. The molecule has 17 heavy (non-hydrogen) atoms. The number of hydrogen-bond donors (Lipinski definition) is 1. The first kappa shape index (κ1) is 14.4. The third-order valence-corrected chi connectivity index (χ3v) is 3.09. The minimum atomic E-state index is -0.466. The summed E-state index contributed by atoms with van der Waals surface area (Å²) in [4.78, 5) is 0. The third-order valence-electron chi connectivity index (χ3n) is 3.09. The van der Waals surface area contributed by atoms with Crippen molar-refractivity contribution in [1.82, 2.24) is 5.32 Å². The highest BCUT2D eigenvalue weighted by Crippen LogP contribution is 2.13. The first-order valence-corrected chi connectivity index (χ1v) is 6.56. The van der Waals surface area contributed by atoms with Gasteiger partial charge in [0.25, 0.3) is 0 Å². The molecule has 98 valence electrons. The van der Waals surface area contributed by atoms with Gasteiger partial charge in [-0.3, -0.25) is 5.32 Å². The summed E-state index contributed by atoms with van der Waals surface area (Å²) in [5.41, 5.74) is -0.466. The summed E-state index contributed by atoms with van der Waals surface area (Å²) in [6.07, 6.45) is 4.27. The van der Waals surface area contributed by atoms with Crippen LogP contribution in [0, 0.1) is 11.3 Å². The number of hydrogen-bond acceptors (Lipinski definition) is 4. The fourth-order valence-electron chi connectivity index (χ4n) is 1.85. The Morgan fingerprint density at radius 2 is 2.41 bits per heavy atom.